The second kappa shape index (κ2) is 4.13. The summed E-state index contributed by atoms with van der Waals surface area (Å²) in [7, 11) is 0. The summed E-state index contributed by atoms with van der Waals surface area (Å²) in [5, 5.41) is -1.04. The van der Waals surface area contributed by atoms with Crippen LogP contribution >= 0.6 is 23.4 Å². The van der Waals surface area contributed by atoms with Gasteiger partial charge in [0.1, 0.15) is 5.03 Å². The summed E-state index contributed by atoms with van der Waals surface area (Å²) < 4.78 is 34.7. The van der Waals surface area contributed by atoms with Gasteiger partial charge in [-0.25, -0.2) is 0 Å². The van der Waals surface area contributed by atoms with Crippen LogP contribution in [0.2, 0.25) is 0 Å². The first-order valence-corrected chi connectivity index (χ1v) is 4.17. The van der Waals surface area contributed by atoms with E-state index < -0.39 is 11.2 Å². The van der Waals surface area contributed by atoms with E-state index in [1.165, 1.54) is 11.8 Å². The first kappa shape index (κ1) is 10.2. The molecule has 5 heteroatoms. The van der Waals surface area contributed by atoms with Crippen molar-refractivity contribution in [3.05, 3.63) is 11.1 Å². The van der Waals surface area contributed by atoms with E-state index in [1.54, 1.807) is 6.26 Å². The molecule has 0 aliphatic heterocycles. The van der Waals surface area contributed by atoms with Gasteiger partial charge in [0.2, 0.25) is 0 Å². The molecule has 0 rings (SSSR count). The highest BCUT2D eigenvalue weighted by molar-refractivity contribution is 7.98. The van der Waals surface area contributed by atoms with E-state index >= 15 is 0 Å². The van der Waals surface area contributed by atoms with E-state index in [2.05, 4.69) is 0 Å². The van der Waals surface area contributed by atoms with Gasteiger partial charge in [-0.2, -0.15) is 24.9 Å². The van der Waals surface area contributed by atoms with Crippen molar-refractivity contribution in [1.82, 2.24) is 0 Å². The first-order chi connectivity index (χ1) is 4.48. The molecule has 0 heterocycles. The summed E-state index contributed by atoms with van der Waals surface area (Å²) >= 11 is 6.14. The molecule has 0 atom stereocenters. The van der Waals surface area contributed by atoms with Gasteiger partial charge in [-0.3, -0.25) is 0 Å². The quantitative estimate of drug-likeness (QED) is 0.645. The molecular weight excluding hydrogens is 185 g/mol. The van der Waals surface area contributed by atoms with Crippen LogP contribution in [-0.4, -0.2) is 18.2 Å². The Balaban J connectivity index is 3.93. The van der Waals surface area contributed by atoms with Gasteiger partial charge < -0.3 is 0 Å². The predicted molar refractivity (Wildman–Crippen MR) is 38.4 cm³/mol. The number of allylic oxidation sites excluding steroid dienone is 1. The van der Waals surface area contributed by atoms with Gasteiger partial charge in [0, 0.05) is 5.75 Å². The molecule has 0 saturated heterocycles. The lowest BCUT2D eigenvalue weighted by Gasteiger charge is -2.02. The number of halogens is 4. The fourth-order valence-corrected chi connectivity index (χ4v) is 0.774. The van der Waals surface area contributed by atoms with Crippen LogP contribution in [0.1, 0.15) is 0 Å². The minimum Gasteiger partial charge on any atom is -0.165 e. The second-order valence-corrected chi connectivity index (χ2v) is 2.82. The molecule has 0 amide bonds. The van der Waals surface area contributed by atoms with Crippen molar-refractivity contribution in [2.75, 3.05) is 12.0 Å². The van der Waals surface area contributed by atoms with Crippen LogP contribution in [0, 0.1) is 0 Å². The van der Waals surface area contributed by atoms with E-state index in [1.807, 2.05) is 0 Å². The molecule has 10 heavy (non-hydrogen) atoms. The molecule has 0 unspecified atom stereocenters. The smallest absolute Gasteiger partial charge is 0.165 e. The molecule has 0 radical (unpaired) electrons. The zero-order chi connectivity index (χ0) is 8.20. The Bertz CT molecular complexity index is 129. The van der Waals surface area contributed by atoms with Crippen LogP contribution in [0.5, 0.6) is 0 Å². The van der Waals surface area contributed by atoms with Gasteiger partial charge in [-0.1, -0.05) is 17.7 Å². The molecule has 0 fully saturated rings. The highest BCUT2D eigenvalue weighted by Gasteiger charge is 2.31. The molecule has 0 aromatic rings. The van der Waals surface area contributed by atoms with Crippen LogP contribution < -0.4 is 0 Å². The zero-order valence-corrected chi connectivity index (χ0v) is 6.78. The minimum absolute atomic E-state index is 0.290. The van der Waals surface area contributed by atoms with Crippen molar-refractivity contribution in [2.45, 2.75) is 6.18 Å². The Morgan fingerprint density at radius 3 is 2.40 bits per heavy atom. The minimum atomic E-state index is -4.38. The maximum absolute atomic E-state index is 11.6. The van der Waals surface area contributed by atoms with E-state index in [0.717, 1.165) is 6.08 Å². The lowest BCUT2D eigenvalue weighted by Crippen LogP contribution is -2.07. The second-order valence-electron chi connectivity index (χ2n) is 1.51. The molecule has 0 spiro atoms. The van der Waals surface area contributed by atoms with Crippen LogP contribution in [0.4, 0.5) is 13.2 Å². The fraction of sp³-hybridized carbons (Fsp3) is 0.600. The van der Waals surface area contributed by atoms with Crippen LogP contribution in [0.15, 0.2) is 11.1 Å². The Morgan fingerprint density at radius 2 is 2.10 bits per heavy atom. The third-order valence-corrected chi connectivity index (χ3v) is 1.57. The topological polar surface area (TPSA) is 0 Å². The summed E-state index contributed by atoms with van der Waals surface area (Å²) in [6, 6.07) is 0. The third-order valence-electron chi connectivity index (χ3n) is 0.700. The summed E-state index contributed by atoms with van der Waals surface area (Å²) in [5.74, 6) is 0.290. The molecule has 0 nitrogen and oxygen atoms in total. The Kier molecular flexibility index (Phi) is 4.20. The van der Waals surface area contributed by atoms with E-state index in [0.29, 0.717) is 5.75 Å². The van der Waals surface area contributed by atoms with Gasteiger partial charge in [-0.15, -0.1) is 0 Å². The predicted octanol–water partition coefficient (Wildman–Crippen LogP) is 3.03. The molecule has 0 saturated carbocycles. The standard InChI is InChI=1S/C5H6ClF3S/c1-10-3-2-4(6)5(7,8)9/h2H,3H2,1H3. The number of hydrogen-bond acceptors (Lipinski definition) is 1. The van der Waals surface area contributed by atoms with Crippen molar-refractivity contribution in [2.24, 2.45) is 0 Å². The maximum Gasteiger partial charge on any atom is 0.426 e. The van der Waals surface area contributed by atoms with E-state index in [-0.39, 0.29) is 0 Å². The highest BCUT2D eigenvalue weighted by Crippen LogP contribution is 2.28. The number of rotatable bonds is 2. The van der Waals surface area contributed by atoms with E-state index in [4.69, 9.17) is 11.6 Å². The summed E-state index contributed by atoms with van der Waals surface area (Å²) in [6.45, 7) is 0. The molecule has 0 aromatic heterocycles. The van der Waals surface area contributed by atoms with Gasteiger partial charge >= 0.3 is 6.18 Å². The monoisotopic (exact) mass is 190 g/mol. The average Bonchev–Trinajstić information content (AvgIpc) is 1.80. The Labute approximate surface area is 66.4 Å². The molecule has 0 aliphatic carbocycles. The lowest BCUT2D eigenvalue weighted by atomic mass is 10.5. The fourth-order valence-electron chi connectivity index (χ4n) is 0.272. The van der Waals surface area contributed by atoms with Gasteiger partial charge in [0.15, 0.2) is 0 Å². The highest BCUT2D eigenvalue weighted by atomic mass is 35.5. The van der Waals surface area contributed by atoms with Gasteiger partial charge in [0.25, 0.3) is 0 Å². The zero-order valence-electron chi connectivity index (χ0n) is 5.20. The molecule has 0 aliphatic rings. The maximum atomic E-state index is 11.6. The average molecular weight is 191 g/mol. The first-order valence-electron chi connectivity index (χ1n) is 2.40. The number of alkyl halides is 3. The normalized spacial score (nSPS) is 13.9. The van der Waals surface area contributed by atoms with Crippen LogP contribution in [0.25, 0.3) is 0 Å². The molecule has 0 bridgehead atoms. The van der Waals surface area contributed by atoms with Crippen LogP contribution in [-0.2, 0) is 0 Å². The van der Waals surface area contributed by atoms with Gasteiger partial charge in [0.05, 0.1) is 0 Å². The van der Waals surface area contributed by atoms with Gasteiger partial charge in [-0.05, 0) is 6.26 Å². The van der Waals surface area contributed by atoms with Crippen LogP contribution in [0.3, 0.4) is 0 Å². The number of hydrogen-bond donors (Lipinski definition) is 0. The summed E-state index contributed by atoms with van der Waals surface area (Å²) in [6.07, 6.45) is -1.72. The molecule has 60 valence electrons. The number of thioether (sulfide) groups is 1. The third kappa shape index (κ3) is 4.06. The SMILES string of the molecule is CSCC=C(Cl)C(F)(F)F. The summed E-state index contributed by atoms with van der Waals surface area (Å²) in [4.78, 5) is 0. The van der Waals surface area contributed by atoms with Crippen molar-refractivity contribution in [1.29, 1.82) is 0 Å². The van der Waals surface area contributed by atoms with Crippen molar-refractivity contribution in [3.63, 3.8) is 0 Å². The van der Waals surface area contributed by atoms with Crippen molar-refractivity contribution < 1.29 is 13.2 Å². The van der Waals surface area contributed by atoms with Crippen molar-refractivity contribution in [3.8, 4) is 0 Å². The Morgan fingerprint density at radius 1 is 1.60 bits per heavy atom. The molecule has 0 aromatic carbocycles. The largest absolute Gasteiger partial charge is 0.426 e. The van der Waals surface area contributed by atoms with E-state index in [9.17, 15) is 13.2 Å². The molecular formula is C5H6ClF3S. The van der Waals surface area contributed by atoms with Crippen molar-refractivity contribution >= 4 is 23.4 Å². The lowest BCUT2D eigenvalue weighted by molar-refractivity contribution is -0.0846. The summed E-state index contributed by atoms with van der Waals surface area (Å²) in [5.41, 5.74) is 0. The Hall–Kier alpha value is 0.170. The molecule has 0 N–H and O–H groups in total.